The van der Waals surface area contributed by atoms with Crippen LogP contribution in [0.3, 0.4) is 0 Å². The Kier molecular flexibility index (Phi) is 5.77. The Morgan fingerprint density at radius 1 is 0.969 bits per heavy atom. The number of furan rings is 1. The van der Waals surface area contributed by atoms with E-state index in [1.54, 1.807) is 24.3 Å². The molecule has 32 heavy (non-hydrogen) atoms. The molecule has 0 saturated carbocycles. The molecule has 1 N–H and O–H groups in total. The molecule has 0 saturated heterocycles. The third-order valence-electron chi connectivity index (χ3n) is 5.12. The molecule has 1 amide bonds. The highest BCUT2D eigenvalue weighted by Gasteiger charge is 2.23. The SMILES string of the molecule is Cc1cc(C)c(OCC(=O)Nc2c(C(=O)c3ccc(F)cc3)oc3ccccc23)c(C)c1. The number of aryl methyl sites for hydroxylation is 3. The van der Waals surface area contributed by atoms with Gasteiger partial charge in [0.1, 0.15) is 17.1 Å². The minimum Gasteiger partial charge on any atom is -0.483 e. The molecule has 162 valence electrons. The molecule has 1 heterocycles. The molecule has 0 atom stereocenters. The first kappa shape index (κ1) is 21.3. The van der Waals surface area contributed by atoms with Crippen molar-refractivity contribution < 1.29 is 23.1 Å². The van der Waals surface area contributed by atoms with Crippen molar-refractivity contribution in [3.8, 4) is 5.75 Å². The van der Waals surface area contributed by atoms with Crippen molar-refractivity contribution in [1.82, 2.24) is 0 Å². The summed E-state index contributed by atoms with van der Waals surface area (Å²) in [6, 6.07) is 16.2. The number of halogens is 1. The van der Waals surface area contributed by atoms with Gasteiger partial charge in [-0.1, -0.05) is 29.8 Å². The van der Waals surface area contributed by atoms with Gasteiger partial charge in [0.25, 0.3) is 5.91 Å². The van der Waals surface area contributed by atoms with Crippen LogP contribution in [-0.4, -0.2) is 18.3 Å². The van der Waals surface area contributed by atoms with Crippen LogP contribution in [0, 0.1) is 26.6 Å². The second-order valence-corrected chi connectivity index (χ2v) is 7.70. The van der Waals surface area contributed by atoms with E-state index in [1.807, 2.05) is 32.9 Å². The van der Waals surface area contributed by atoms with Gasteiger partial charge in [0.15, 0.2) is 12.4 Å². The van der Waals surface area contributed by atoms with Crippen LogP contribution in [0.5, 0.6) is 5.75 Å². The highest BCUT2D eigenvalue weighted by Crippen LogP contribution is 2.32. The van der Waals surface area contributed by atoms with Crippen LogP contribution in [-0.2, 0) is 4.79 Å². The minimum atomic E-state index is -0.456. The van der Waals surface area contributed by atoms with E-state index >= 15 is 0 Å². The number of hydrogen-bond acceptors (Lipinski definition) is 4. The fourth-order valence-corrected chi connectivity index (χ4v) is 3.77. The van der Waals surface area contributed by atoms with Crippen molar-refractivity contribution in [3.05, 3.63) is 94.5 Å². The predicted molar refractivity (Wildman–Crippen MR) is 121 cm³/mol. The van der Waals surface area contributed by atoms with Crippen LogP contribution in [0.25, 0.3) is 11.0 Å². The summed E-state index contributed by atoms with van der Waals surface area (Å²) in [4.78, 5) is 25.8. The third-order valence-corrected chi connectivity index (χ3v) is 5.12. The molecular formula is C26H22FNO4. The summed E-state index contributed by atoms with van der Waals surface area (Å²) in [7, 11) is 0. The first-order valence-corrected chi connectivity index (χ1v) is 10.2. The van der Waals surface area contributed by atoms with Crippen molar-refractivity contribution >= 4 is 28.3 Å². The van der Waals surface area contributed by atoms with Crippen molar-refractivity contribution in [3.63, 3.8) is 0 Å². The molecular weight excluding hydrogens is 409 g/mol. The summed E-state index contributed by atoms with van der Waals surface area (Å²) in [6.07, 6.45) is 0. The Morgan fingerprint density at radius 2 is 1.62 bits per heavy atom. The number of carbonyl (C=O) groups is 2. The first-order chi connectivity index (χ1) is 15.3. The summed E-state index contributed by atoms with van der Waals surface area (Å²) in [5, 5.41) is 3.36. The standard InChI is InChI=1S/C26H22FNO4/c1-15-12-16(2)25(17(3)13-15)31-14-22(29)28-23-20-6-4-5-7-21(20)32-26(23)24(30)18-8-10-19(27)11-9-18/h4-13H,14H2,1-3H3,(H,28,29). The lowest BCUT2D eigenvalue weighted by molar-refractivity contribution is -0.118. The fraction of sp³-hybridized carbons (Fsp3) is 0.154. The summed E-state index contributed by atoms with van der Waals surface area (Å²) in [5.74, 6) is -0.690. The molecule has 5 nitrogen and oxygen atoms in total. The Balaban J connectivity index is 1.61. The van der Waals surface area contributed by atoms with Crippen LogP contribution in [0.4, 0.5) is 10.1 Å². The summed E-state index contributed by atoms with van der Waals surface area (Å²) >= 11 is 0. The van der Waals surface area contributed by atoms with E-state index in [9.17, 15) is 14.0 Å². The maximum atomic E-state index is 13.3. The quantitative estimate of drug-likeness (QED) is 0.395. The number of fused-ring (bicyclic) bond motifs is 1. The molecule has 0 aliphatic rings. The number of amides is 1. The van der Waals surface area contributed by atoms with Gasteiger partial charge in [-0.2, -0.15) is 0 Å². The van der Waals surface area contributed by atoms with E-state index in [-0.39, 0.29) is 23.6 Å². The molecule has 0 aliphatic carbocycles. The lowest BCUT2D eigenvalue weighted by atomic mass is 10.1. The number of nitrogens with one attached hydrogen (secondary N) is 1. The van der Waals surface area contributed by atoms with Gasteiger partial charge in [-0.05, 0) is 68.3 Å². The van der Waals surface area contributed by atoms with Crippen molar-refractivity contribution in [2.45, 2.75) is 20.8 Å². The van der Waals surface area contributed by atoms with E-state index in [0.29, 0.717) is 16.7 Å². The molecule has 6 heteroatoms. The van der Waals surface area contributed by atoms with Crippen molar-refractivity contribution in [2.75, 3.05) is 11.9 Å². The average molecular weight is 431 g/mol. The van der Waals surface area contributed by atoms with Gasteiger partial charge < -0.3 is 14.5 Å². The van der Waals surface area contributed by atoms with Gasteiger partial charge in [-0.15, -0.1) is 0 Å². The Labute approximate surface area is 184 Å². The van der Waals surface area contributed by atoms with Crippen LogP contribution in [0.15, 0.2) is 65.1 Å². The maximum Gasteiger partial charge on any atom is 0.262 e. The molecule has 3 aromatic carbocycles. The van der Waals surface area contributed by atoms with Gasteiger partial charge >= 0.3 is 0 Å². The fourth-order valence-electron chi connectivity index (χ4n) is 3.77. The molecule has 0 bridgehead atoms. The molecule has 1 aromatic heterocycles. The first-order valence-electron chi connectivity index (χ1n) is 10.2. The van der Waals surface area contributed by atoms with E-state index in [2.05, 4.69) is 5.32 Å². The number of benzene rings is 3. The number of carbonyl (C=O) groups excluding carboxylic acids is 2. The van der Waals surface area contributed by atoms with Gasteiger partial charge in [0.05, 0.1) is 5.69 Å². The smallest absolute Gasteiger partial charge is 0.262 e. The monoisotopic (exact) mass is 431 g/mol. The molecule has 0 aliphatic heterocycles. The number of para-hydroxylation sites is 1. The van der Waals surface area contributed by atoms with Gasteiger partial charge in [-0.25, -0.2) is 4.39 Å². The van der Waals surface area contributed by atoms with E-state index in [1.165, 1.54) is 24.3 Å². The van der Waals surface area contributed by atoms with Gasteiger partial charge in [0, 0.05) is 10.9 Å². The number of ketones is 1. The third kappa shape index (κ3) is 4.25. The second-order valence-electron chi connectivity index (χ2n) is 7.70. The molecule has 0 spiro atoms. The predicted octanol–water partition coefficient (Wildman–Crippen LogP) is 5.75. The van der Waals surface area contributed by atoms with Gasteiger partial charge in [0.2, 0.25) is 5.78 Å². The van der Waals surface area contributed by atoms with E-state index < -0.39 is 17.5 Å². The van der Waals surface area contributed by atoms with Crippen LogP contribution in [0.2, 0.25) is 0 Å². The lowest BCUT2D eigenvalue weighted by Crippen LogP contribution is -2.21. The molecule has 0 radical (unpaired) electrons. The van der Waals surface area contributed by atoms with Crippen molar-refractivity contribution in [1.29, 1.82) is 0 Å². The number of rotatable bonds is 6. The highest BCUT2D eigenvalue weighted by atomic mass is 19.1. The lowest BCUT2D eigenvalue weighted by Gasteiger charge is -2.13. The van der Waals surface area contributed by atoms with Crippen molar-refractivity contribution in [2.24, 2.45) is 0 Å². The highest BCUT2D eigenvalue weighted by molar-refractivity contribution is 6.17. The summed E-state index contributed by atoms with van der Waals surface area (Å²) < 4.78 is 24.8. The number of hydrogen-bond donors (Lipinski definition) is 1. The molecule has 0 unspecified atom stereocenters. The molecule has 0 fully saturated rings. The average Bonchev–Trinajstić information content (AvgIpc) is 3.11. The van der Waals surface area contributed by atoms with E-state index in [0.717, 1.165) is 16.7 Å². The Hall–Kier alpha value is -3.93. The molecule has 4 aromatic rings. The topological polar surface area (TPSA) is 68.5 Å². The largest absolute Gasteiger partial charge is 0.483 e. The van der Waals surface area contributed by atoms with Crippen LogP contribution in [0.1, 0.15) is 32.8 Å². The normalized spacial score (nSPS) is 10.9. The summed E-state index contributed by atoms with van der Waals surface area (Å²) in [6.45, 7) is 5.63. The zero-order chi connectivity index (χ0) is 22.8. The summed E-state index contributed by atoms with van der Waals surface area (Å²) in [5.41, 5.74) is 3.97. The zero-order valence-electron chi connectivity index (χ0n) is 18.0. The Morgan fingerprint density at radius 3 is 2.31 bits per heavy atom. The Bertz CT molecular complexity index is 1300. The van der Waals surface area contributed by atoms with Crippen LogP contribution < -0.4 is 10.1 Å². The number of ether oxygens (including phenoxy) is 1. The minimum absolute atomic E-state index is 0.0196. The van der Waals surface area contributed by atoms with Gasteiger partial charge in [-0.3, -0.25) is 9.59 Å². The second kappa shape index (κ2) is 8.67. The van der Waals surface area contributed by atoms with E-state index in [4.69, 9.17) is 9.15 Å². The van der Waals surface area contributed by atoms with Crippen LogP contribution >= 0.6 is 0 Å². The zero-order valence-corrected chi connectivity index (χ0v) is 18.0. The molecule has 4 rings (SSSR count). The number of anilines is 1. The maximum absolute atomic E-state index is 13.3.